The Bertz CT molecular complexity index is 622. The van der Waals surface area contributed by atoms with Crippen molar-refractivity contribution in [2.24, 2.45) is 0 Å². The standard InChI is InChI=1S/C15H16N2O3/c1-10-3-8-15(17(19)20)14(9-10)16-13-6-4-12(5-7-13)11(2)18/h3-9,11,16,18H,1-2H3. The molecule has 1 atom stereocenters. The van der Waals surface area contributed by atoms with Crippen LogP contribution in [0.2, 0.25) is 0 Å². The molecule has 0 aliphatic rings. The fourth-order valence-corrected chi connectivity index (χ4v) is 1.91. The Morgan fingerprint density at radius 1 is 1.20 bits per heavy atom. The molecule has 2 aromatic carbocycles. The molecule has 0 fully saturated rings. The summed E-state index contributed by atoms with van der Waals surface area (Å²) in [5.74, 6) is 0. The van der Waals surface area contributed by atoms with E-state index in [1.165, 1.54) is 6.07 Å². The molecule has 0 aliphatic heterocycles. The van der Waals surface area contributed by atoms with Gasteiger partial charge in [0.15, 0.2) is 0 Å². The predicted octanol–water partition coefficient (Wildman–Crippen LogP) is 3.70. The fourth-order valence-electron chi connectivity index (χ4n) is 1.91. The third-order valence-corrected chi connectivity index (χ3v) is 3.02. The number of nitrogens with one attached hydrogen (secondary N) is 1. The summed E-state index contributed by atoms with van der Waals surface area (Å²) in [6.07, 6.45) is -0.530. The molecule has 0 aliphatic carbocycles. The lowest BCUT2D eigenvalue weighted by Crippen LogP contribution is -1.98. The Morgan fingerprint density at radius 3 is 2.40 bits per heavy atom. The van der Waals surface area contributed by atoms with Crippen LogP contribution < -0.4 is 5.32 Å². The van der Waals surface area contributed by atoms with E-state index in [4.69, 9.17) is 0 Å². The zero-order chi connectivity index (χ0) is 14.7. The van der Waals surface area contributed by atoms with Crippen LogP contribution in [0.1, 0.15) is 24.2 Å². The highest BCUT2D eigenvalue weighted by Gasteiger charge is 2.13. The van der Waals surface area contributed by atoms with Crippen LogP contribution in [0, 0.1) is 17.0 Å². The molecular weight excluding hydrogens is 256 g/mol. The van der Waals surface area contributed by atoms with Crippen LogP contribution in [0.4, 0.5) is 17.1 Å². The van der Waals surface area contributed by atoms with Crippen molar-refractivity contribution in [2.45, 2.75) is 20.0 Å². The number of nitro benzene ring substituents is 1. The maximum absolute atomic E-state index is 11.0. The lowest BCUT2D eigenvalue weighted by Gasteiger charge is -2.10. The first kappa shape index (κ1) is 14.0. The normalized spacial score (nSPS) is 11.9. The average molecular weight is 272 g/mol. The molecule has 0 saturated carbocycles. The number of anilines is 2. The summed E-state index contributed by atoms with van der Waals surface area (Å²) in [6, 6.07) is 12.1. The molecule has 5 nitrogen and oxygen atoms in total. The van der Waals surface area contributed by atoms with Gasteiger partial charge in [-0.1, -0.05) is 18.2 Å². The lowest BCUT2D eigenvalue weighted by atomic mass is 10.1. The van der Waals surface area contributed by atoms with Gasteiger partial charge in [-0.2, -0.15) is 0 Å². The Labute approximate surface area is 117 Å². The van der Waals surface area contributed by atoms with Gasteiger partial charge in [-0.05, 0) is 43.2 Å². The van der Waals surface area contributed by atoms with Gasteiger partial charge in [0.25, 0.3) is 5.69 Å². The van der Waals surface area contributed by atoms with Crippen molar-refractivity contribution in [3.05, 3.63) is 63.7 Å². The molecule has 0 heterocycles. The van der Waals surface area contributed by atoms with E-state index in [-0.39, 0.29) is 5.69 Å². The van der Waals surface area contributed by atoms with Gasteiger partial charge in [-0.15, -0.1) is 0 Å². The van der Waals surface area contributed by atoms with E-state index in [1.54, 1.807) is 43.3 Å². The smallest absolute Gasteiger partial charge is 0.292 e. The van der Waals surface area contributed by atoms with Crippen LogP contribution in [0.5, 0.6) is 0 Å². The summed E-state index contributed by atoms with van der Waals surface area (Å²) in [7, 11) is 0. The summed E-state index contributed by atoms with van der Waals surface area (Å²) in [4.78, 5) is 10.6. The summed E-state index contributed by atoms with van der Waals surface area (Å²) in [5.41, 5.74) is 2.98. The van der Waals surface area contributed by atoms with Crippen molar-refractivity contribution in [1.29, 1.82) is 0 Å². The third-order valence-electron chi connectivity index (χ3n) is 3.02. The number of nitrogens with zero attached hydrogens (tertiary/aromatic N) is 1. The van der Waals surface area contributed by atoms with Gasteiger partial charge in [0, 0.05) is 11.8 Å². The Hall–Kier alpha value is -2.40. The topological polar surface area (TPSA) is 75.4 Å². The molecule has 2 aromatic rings. The first-order valence-electron chi connectivity index (χ1n) is 6.27. The highest BCUT2D eigenvalue weighted by atomic mass is 16.6. The van der Waals surface area contributed by atoms with Gasteiger partial charge in [-0.3, -0.25) is 10.1 Å². The van der Waals surface area contributed by atoms with E-state index in [9.17, 15) is 15.2 Å². The van der Waals surface area contributed by atoms with Crippen LogP contribution in [-0.4, -0.2) is 10.0 Å². The maximum Gasteiger partial charge on any atom is 0.292 e. The summed E-state index contributed by atoms with van der Waals surface area (Å²) in [5, 5.41) is 23.5. The highest BCUT2D eigenvalue weighted by molar-refractivity contribution is 5.70. The second-order valence-electron chi connectivity index (χ2n) is 4.70. The number of benzene rings is 2. The molecular formula is C15H16N2O3. The first-order chi connectivity index (χ1) is 9.47. The van der Waals surface area contributed by atoms with Crippen molar-refractivity contribution < 1.29 is 10.0 Å². The van der Waals surface area contributed by atoms with Crippen molar-refractivity contribution in [1.82, 2.24) is 0 Å². The number of hydrogen-bond acceptors (Lipinski definition) is 4. The number of nitro groups is 1. The van der Waals surface area contributed by atoms with Gasteiger partial charge in [0.05, 0.1) is 11.0 Å². The largest absolute Gasteiger partial charge is 0.389 e. The Kier molecular flexibility index (Phi) is 4.00. The lowest BCUT2D eigenvalue weighted by molar-refractivity contribution is -0.383. The monoisotopic (exact) mass is 272 g/mol. The number of aliphatic hydroxyl groups is 1. The molecule has 0 bridgehead atoms. The molecule has 1 unspecified atom stereocenters. The predicted molar refractivity (Wildman–Crippen MR) is 78.2 cm³/mol. The van der Waals surface area contributed by atoms with E-state index in [2.05, 4.69) is 5.32 Å². The number of rotatable bonds is 4. The van der Waals surface area contributed by atoms with Crippen LogP contribution in [0.15, 0.2) is 42.5 Å². The molecule has 0 saturated heterocycles. The minimum absolute atomic E-state index is 0.0372. The number of aliphatic hydroxyl groups excluding tert-OH is 1. The molecule has 0 spiro atoms. The van der Waals surface area contributed by atoms with Crippen LogP contribution >= 0.6 is 0 Å². The molecule has 2 rings (SSSR count). The molecule has 0 amide bonds. The van der Waals surface area contributed by atoms with Gasteiger partial charge < -0.3 is 10.4 Å². The third kappa shape index (κ3) is 3.13. The van der Waals surface area contributed by atoms with Gasteiger partial charge in [0.2, 0.25) is 0 Å². The van der Waals surface area contributed by atoms with E-state index in [1.807, 2.05) is 6.92 Å². The SMILES string of the molecule is Cc1ccc([N+](=O)[O-])c(Nc2ccc(C(C)O)cc2)c1. The first-order valence-corrected chi connectivity index (χ1v) is 6.27. The van der Waals surface area contributed by atoms with Crippen molar-refractivity contribution >= 4 is 17.1 Å². The molecule has 5 heteroatoms. The summed E-state index contributed by atoms with van der Waals surface area (Å²) in [6.45, 7) is 3.57. The minimum atomic E-state index is -0.530. The molecule has 20 heavy (non-hydrogen) atoms. The van der Waals surface area contributed by atoms with Gasteiger partial charge in [-0.25, -0.2) is 0 Å². The zero-order valence-electron chi connectivity index (χ0n) is 11.3. The van der Waals surface area contributed by atoms with Gasteiger partial charge in [0.1, 0.15) is 5.69 Å². The van der Waals surface area contributed by atoms with E-state index < -0.39 is 11.0 Å². The van der Waals surface area contributed by atoms with E-state index in [0.29, 0.717) is 5.69 Å². The van der Waals surface area contributed by atoms with Crippen molar-refractivity contribution in [3.63, 3.8) is 0 Å². The van der Waals surface area contributed by atoms with E-state index >= 15 is 0 Å². The average Bonchev–Trinajstić information content (AvgIpc) is 2.39. The number of aryl methyl sites for hydroxylation is 1. The number of hydrogen-bond donors (Lipinski definition) is 2. The Morgan fingerprint density at radius 2 is 1.85 bits per heavy atom. The van der Waals surface area contributed by atoms with Crippen molar-refractivity contribution in [3.8, 4) is 0 Å². The molecule has 0 aromatic heterocycles. The highest BCUT2D eigenvalue weighted by Crippen LogP contribution is 2.29. The summed E-state index contributed by atoms with van der Waals surface area (Å²) >= 11 is 0. The van der Waals surface area contributed by atoms with Gasteiger partial charge >= 0.3 is 0 Å². The Balaban J connectivity index is 2.29. The minimum Gasteiger partial charge on any atom is -0.389 e. The molecule has 0 radical (unpaired) electrons. The van der Waals surface area contributed by atoms with Crippen LogP contribution in [0.3, 0.4) is 0 Å². The summed E-state index contributed by atoms with van der Waals surface area (Å²) < 4.78 is 0. The van der Waals surface area contributed by atoms with Crippen LogP contribution in [-0.2, 0) is 0 Å². The molecule has 104 valence electrons. The quantitative estimate of drug-likeness (QED) is 0.657. The second-order valence-corrected chi connectivity index (χ2v) is 4.70. The maximum atomic E-state index is 11.0. The van der Waals surface area contributed by atoms with Crippen molar-refractivity contribution in [2.75, 3.05) is 5.32 Å². The fraction of sp³-hybridized carbons (Fsp3) is 0.200. The zero-order valence-corrected chi connectivity index (χ0v) is 11.3. The van der Waals surface area contributed by atoms with Crippen LogP contribution in [0.25, 0.3) is 0 Å². The molecule has 2 N–H and O–H groups in total. The second kappa shape index (κ2) is 5.71. The van der Waals surface area contributed by atoms with E-state index in [0.717, 1.165) is 16.8 Å².